The predicted octanol–water partition coefficient (Wildman–Crippen LogP) is 0.185. The van der Waals surface area contributed by atoms with Crippen LogP contribution in [-0.4, -0.2) is 41.6 Å². The van der Waals surface area contributed by atoms with Crippen LogP contribution in [0.2, 0.25) is 0 Å². The topological polar surface area (TPSA) is 93.2 Å². The number of hydrogen-bond donors (Lipinski definition) is 2. The van der Waals surface area contributed by atoms with Crippen LogP contribution in [0.4, 0.5) is 0 Å². The molecule has 2 rings (SSSR count). The highest BCUT2D eigenvalue weighted by molar-refractivity contribution is 7.87. The van der Waals surface area contributed by atoms with E-state index < -0.39 is 10.2 Å². The lowest BCUT2D eigenvalue weighted by Gasteiger charge is -2.33. The Labute approximate surface area is 126 Å². The lowest BCUT2D eigenvalue weighted by molar-refractivity contribution is 0.254. The molecule has 120 valence electrons. The Morgan fingerprint density at radius 2 is 2.10 bits per heavy atom. The molecule has 3 N–H and O–H groups in total. The minimum Gasteiger partial charge on any atom is -0.329 e. The van der Waals surface area contributed by atoms with Gasteiger partial charge in [0.05, 0.1) is 5.69 Å². The first-order valence-corrected chi connectivity index (χ1v) is 8.76. The standard InChI is InChI=1S/C13H25N5O2S/c1-10-13(11(2)17(3)16-10)9-15-21(19,20)18-7-5-4-6-12(18)8-14/h12,15H,4-9,14H2,1-3H3. The molecule has 0 amide bonds. The van der Waals surface area contributed by atoms with Crippen molar-refractivity contribution >= 4 is 10.2 Å². The van der Waals surface area contributed by atoms with Crippen molar-refractivity contribution in [3.8, 4) is 0 Å². The van der Waals surface area contributed by atoms with Crippen molar-refractivity contribution in [2.24, 2.45) is 12.8 Å². The van der Waals surface area contributed by atoms with Crippen LogP contribution in [0.5, 0.6) is 0 Å². The monoisotopic (exact) mass is 315 g/mol. The summed E-state index contributed by atoms with van der Waals surface area (Å²) in [5.74, 6) is 0. The van der Waals surface area contributed by atoms with Gasteiger partial charge in [0.25, 0.3) is 10.2 Å². The van der Waals surface area contributed by atoms with Gasteiger partial charge in [-0.2, -0.15) is 22.5 Å². The van der Waals surface area contributed by atoms with Crippen molar-refractivity contribution < 1.29 is 8.42 Å². The molecule has 0 spiro atoms. The van der Waals surface area contributed by atoms with E-state index in [9.17, 15) is 8.42 Å². The van der Waals surface area contributed by atoms with Crippen molar-refractivity contribution in [1.82, 2.24) is 18.8 Å². The van der Waals surface area contributed by atoms with E-state index in [0.29, 0.717) is 13.1 Å². The van der Waals surface area contributed by atoms with Crippen molar-refractivity contribution in [2.75, 3.05) is 13.1 Å². The molecule has 0 aliphatic carbocycles. The second kappa shape index (κ2) is 6.43. The van der Waals surface area contributed by atoms with Crippen LogP contribution in [-0.2, 0) is 23.8 Å². The second-order valence-corrected chi connectivity index (χ2v) is 7.30. The fourth-order valence-corrected chi connectivity index (χ4v) is 4.29. The van der Waals surface area contributed by atoms with E-state index >= 15 is 0 Å². The summed E-state index contributed by atoms with van der Waals surface area (Å²) in [7, 11) is -1.64. The minimum atomic E-state index is -3.50. The van der Waals surface area contributed by atoms with Crippen LogP contribution in [0.25, 0.3) is 0 Å². The lowest BCUT2D eigenvalue weighted by Crippen LogP contribution is -2.51. The Morgan fingerprint density at radius 1 is 1.38 bits per heavy atom. The minimum absolute atomic E-state index is 0.0904. The highest BCUT2D eigenvalue weighted by Crippen LogP contribution is 2.19. The van der Waals surface area contributed by atoms with Crippen LogP contribution in [0.15, 0.2) is 0 Å². The third-order valence-corrected chi connectivity index (χ3v) is 5.85. The van der Waals surface area contributed by atoms with Crippen molar-refractivity contribution in [3.63, 3.8) is 0 Å². The van der Waals surface area contributed by atoms with E-state index in [2.05, 4.69) is 9.82 Å². The number of aryl methyl sites for hydroxylation is 2. The molecule has 8 heteroatoms. The maximum Gasteiger partial charge on any atom is 0.280 e. The van der Waals surface area contributed by atoms with Crippen LogP contribution in [0.3, 0.4) is 0 Å². The van der Waals surface area contributed by atoms with Crippen molar-refractivity contribution in [2.45, 2.75) is 45.7 Å². The number of piperidine rings is 1. The zero-order valence-corrected chi connectivity index (χ0v) is 13.8. The molecule has 1 unspecified atom stereocenters. The van der Waals surface area contributed by atoms with Crippen LogP contribution < -0.4 is 10.5 Å². The van der Waals surface area contributed by atoms with Crippen LogP contribution in [0.1, 0.15) is 36.2 Å². The van der Waals surface area contributed by atoms with Gasteiger partial charge >= 0.3 is 0 Å². The largest absolute Gasteiger partial charge is 0.329 e. The van der Waals surface area contributed by atoms with E-state index in [1.165, 1.54) is 4.31 Å². The third-order valence-electron chi connectivity index (χ3n) is 4.24. The number of nitrogens with two attached hydrogens (primary N) is 1. The molecule has 1 aliphatic heterocycles. The molecule has 0 bridgehead atoms. The van der Waals surface area contributed by atoms with Crippen molar-refractivity contribution in [3.05, 3.63) is 17.0 Å². The maximum atomic E-state index is 12.5. The zero-order valence-electron chi connectivity index (χ0n) is 13.0. The molecule has 7 nitrogen and oxygen atoms in total. The first kappa shape index (κ1) is 16.4. The summed E-state index contributed by atoms with van der Waals surface area (Å²) < 4.78 is 31.0. The van der Waals surface area contributed by atoms with E-state index in [1.54, 1.807) is 4.68 Å². The molecule has 1 aromatic rings. The summed E-state index contributed by atoms with van der Waals surface area (Å²) in [6.45, 7) is 5.00. The number of aromatic nitrogens is 2. The van der Waals surface area contributed by atoms with Gasteiger partial charge in [-0.15, -0.1) is 0 Å². The summed E-state index contributed by atoms with van der Waals surface area (Å²) >= 11 is 0. The Balaban J connectivity index is 2.10. The van der Waals surface area contributed by atoms with Gasteiger partial charge in [-0.05, 0) is 26.7 Å². The molecule has 0 radical (unpaired) electrons. The van der Waals surface area contributed by atoms with Gasteiger partial charge < -0.3 is 5.73 Å². The molecule has 1 fully saturated rings. The van der Waals surface area contributed by atoms with Crippen LogP contribution in [0, 0.1) is 13.8 Å². The summed E-state index contributed by atoms with van der Waals surface area (Å²) in [6, 6.07) is -0.0904. The van der Waals surface area contributed by atoms with Gasteiger partial charge in [0.1, 0.15) is 0 Å². The molecule has 1 atom stereocenters. The summed E-state index contributed by atoms with van der Waals surface area (Å²) in [5.41, 5.74) is 8.46. The Bertz CT molecular complexity index is 596. The van der Waals surface area contributed by atoms with Gasteiger partial charge in [-0.3, -0.25) is 4.68 Å². The SMILES string of the molecule is Cc1nn(C)c(C)c1CNS(=O)(=O)N1CCCCC1CN. The maximum absolute atomic E-state index is 12.5. The second-order valence-electron chi connectivity index (χ2n) is 5.60. The molecular weight excluding hydrogens is 290 g/mol. The van der Waals surface area contributed by atoms with Crippen LogP contribution >= 0.6 is 0 Å². The predicted molar refractivity (Wildman–Crippen MR) is 81.8 cm³/mol. The highest BCUT2D eigenvalue weighted by Gasteiger charge is 2.31. The average molecular weight is 315 g/mol. The van der Waals surface area contributed by atoms with Gasteiger partial charge in [0, 0.05) is 44.0 Å². The quantitative estimate of drug-likeness (QED) is 0.811. The first-order chi connectivity index (χ1) is 9.86. The summed E-state index contributed by atoms with van der Waals surface area (Å²) in [4.78, 5) is 0. The number of nitrogens with zero attached hydrogens (tertiary/aromatic N) is 3. The average Bonchev–Trinajstić information content (AvgIpc) is 2.70. The molecule has 0 aromatic carbocycles. The van der Waals surface area contributed by atoms with Gasteiger partial charge in [-0.1, -0.05) is 6.42 Å². The molecule has 2 heterocycles. The number of nitrogens with one attached hydrogen (secondary N) is 1. The molecule has 1 saturated heterocycles. The molecule has 1 aliphatic rings. The lowest BCUT2D eigenvalue weighted by atomic mass is 10.1. The van der Waals surface area contributed by atoms with Gasteiger partial charge in [0.15, 0.2) is 0 Å². The van der Waals surface area contributed by atoms with Gasteiger partial charge in [-0.25, -0.2) is 0 Å². The molecule has 21 heavy (non-hydrogen) atoms. The Kier molecular flexibility index (Phi) is 5.03. The smallest absolute Gasteiger partial charge is 0.280 e. The normalized spacial score (nSPS) is 20.9. The van der Waals surface area contributed by atoms with E-state index in [0.717, 1.165) is 36.2 Å². The number of hydrogen-bond acceptors (Lipinski definition) is 4. The van der Waals surface area contributed by atoms with Crippen molar-refractivity contribution in [1.29, 1.82) is 0 Å². The van der Waals surface area contributed by atoms with E-state index in [-0.39, 0.29) is 12.6 Å². The molecule has 0 saturated carbocycles. The highest BCUT2D eigenvalue weighted by atomic mass is 32.2. The Hall–Kier alpha value is -0.960. The summed E-state index contributed by atoms with van der Waals surface area (Å²) in [6.07, 6.45) is 2.76. The van der Waals surface area contributed by atoms with Gasteiger partial charge in [0.2, 0.25) is 0 Å². The van der Waals surface area contributed by atoms with E-state index in [1.807, 2.05) is 20.9 Å². The fourth-order valence-electron chi connectivity index (χ4n) is 2.85. The fraction of sp³-hybridized carbons (Fsp3) is 0.769. The molecule has 1 aromatic heterocycles. The summed E-state index contributed by atoms with van der Waals surface area (Å²) in [5, 5.41) is 4.30. The third kappa shape index (κ3) is 3.45. The first-order valence-electron chi connectivity index (χ1n) is 7.32. The molecular formula is C13H25N5O2S. The van der Waals surface area contributed by atoms with E-state index in [4.69, 9.17) is 5.73 Å². The Morgan fingerprint density at radius 3 is 2.67 bits per heavy atom. The number of rotatable bonds is 5. The zero-order chi connectivity index (χ0) is 15.6.